The van der Waals surface area contributed by atoms with Gasteiger partial charge in [0.2, 0.25) is 11.8 Å². The third-order valence-electron chi connectivity index (χ3n) is 13.9. The molecule has 0 aliphatic carbocycles. The van der Waals surface area contributed by atoms with Gasteiger partial charge in [-0.05, 0) is 122 Å². The summed E-state index contributed by atoms with van der Waals surface area (Å²) in [5.41, 5.74) is 12.0. The summed E-state index contributed by atoms with van der Waals surface area (Å²) < 4.78 is 0. The number of benzene rings is 6. The summed E-state index contributed by atoms with van der Waals surface area (Å²) >= 11 is 0. The topological polar surface area (TPSA) is 171 Å². The molecule has 4 aliphatic rings. The molecular formula is C55H52N10O4. The smallest absolute Gasteiger partial charge is 0.272 e. The Morgan fingerprint density at radius 3 is 1.52 bits per heavy atom. The molecule has 0 radical (unpaired) electrons. The normalized spacial score (nSPS) is 17.9. The molecule has 2 fully saturated rings. The quantitative estimate of drug-likeness (QED) is 0.105. The molecule has 6 heterocycles. The number of likely N-dealkylation sites (N-methyl/N-ethyl adjacent to an activating group) is 1. The van der Waals surface area contributed by atoms with Gasteiger partial charge in [-0.15, -0.1) is 0 Å². The Hall–Kier alpha value is -7.94. The Morgan fingerprint density at radius 2 is 1.00 bits per heavy atom. The Bertz CT molecular complexity index is 3370. The third-order valence-corrected chi connectivity index (χ3v) is 13.9. The second-order valence-electron chi connectivity index (χ2n) is 18.3. The standard InChI is InChI=1S/C28H27N5O2.C27H25N5O2/c1-32-14-12-19-16-21(9-6-20(19)17-32)29-25-13-15-33(28(25)35)22-10-7-18(8-11-22)26-23-4-2-3-5-24(23)27(34)31-30-26;33-26-23-4-2-1-3-22(23)25(30-31-26)17-6-9-21(10-7-17)32-14-12-24(27(32)34)29-20-8-5-19-16-28-13-11-18(19)15-20/h2-11,16,25,29H,12-15,17H2,1H3,(H,31,34);1-10,15,24,28-29H,11-14,16H2,(H,31,33). The fourth-order valence-electron chi connectivity index (χ4n) is 10.2. The summed E-state index contributed by atoms with van der Waals surface area (Å²) in [5.74, 6) is 0.169. The van der Waals surface area contributed by atoms with Crippen molar-refractivity contribution in [3.8, 4) is 22.5 Å². The molecule has 0 saturated carbocycles. The molecule has 2 atom stereocenters. The molecule has 2 unspecified atom stereocenters. The SMILES string of the molecule is CN1CCc2cc(NC3CCN(c4ccc(-c5n[nH]c(=O)c6ccccc56)cc4)C3=O)ccc2C1.O=C1C(Nc2ccc3c(c2)CCNC3)CCN1c1ccc(-c2n[nH]c(=O)c3ccccc23)cc1. The Balaban J connectivity index is 0.000000151. The lowest BCUT2D eigenvalue weighted by molar-refractivity contribution is -0.118. The largest absolute Gasteiger partial charge is 0.374 e. The number of amides is 2. The second-order valence-corrected chi connectivity index (χ2v) is 18.3. The highest BCUT2D eigenvalue weighted by Gasteiger charge is 2.34. The van der Waals surface area contributed by atoms with Crippen LogP contribution in [0.2, 0.25) is 0 Å². The maximum Gasteiger partial charge on any atom is 0.272 e. The van der Waals surface area contributed by atoms with Crippen LogP contribution in [0.4, 0.5) is 22.7 Å². The molecule has 2 amide bonds. The zero-order chi connectivity index (χ0) is 47.0. The molecular weight excluding hydrogens is 865 g/mol. The van der Waals surface area contributed by atoms with Crippen molar-refractivity contribution in [1.29, 1.82) is 0 Å². The van der Waals surface area contributed by atoms with E-state index in [1.165, 1.54) is 22.3 Å². The van der Waals surface area contributed by atoms with Crippen molar-refractivity contribution >= 4 is 56.1 Å². The summed E-state index contributed by atoms with van der Waals surface area (Å²) in [4.78, 5) is 56.6. The molecule has 2 aromatic heterocycles. The highest BCUT2D eigenvalue weighted by Crippen LogP contribution is 2.32. The summed E-state index contributed by atoms with van der Waals surface area (Å²) in [7, 11) is 2.15. The number of aromatic amines is 2. The minimum Gasteiger partial charge on any atom is -0.374 e. The van der Waals surface area contributed by atoms with E-state index in [0.717, 1.165) is 108 Å². The lowest BCUT2D eigenvalue weighted by Gasteiger charge is -2.26. The van der Waals surface area contributed by atoms with Crippen molar-refractivity contribution in [2.24, 2.45) is 0 Å². The van der Waals surface area contributed by atoms with Crippen LogP contribution in [0.3, 0.4) is 0 Å². The van der Waals surface area contributed by atoms with Gasteiger partial charge in [0.15, 0.2) is 0 Å². The van der Waals surface area contributed by atoms with Crippen molar-refractivity contribution in [2.75, 3.05) is 53.7 Å². The molecule has 14 nitrogen and oxygen atoms in total. The lowest BCUT2D eigenvalue weighted by atomic mass is 9.99. The van der Waals surface area contributed by atoms with Gasteiger partial charge in [0.1, 0.15) is 12.1 Å². The number of hydrogen-bond donors (Lipinski definition) is 5. The number of anilines is 4. The van der Waals surface area contributed by atoms with Crippen LogP contribution in [0.15, 0.2) is 143 Å². The highest BCUT2D eigenvalue weighted by atomic mass is 16.2. The van der Waals surface area contributed by atoms with E-state index in [1.54, 1.807) is 12.1 Å². The van der Waals surface area contributed by atoms with E-state index in [-0.39, 0.29) is 35.0 Å². The van der Waals surface area contributed by atoms with Crippen molar-refractivity contribution in [3.05, 3.63) is 176 Å². The average molecular weight is 917 g/mol. The van der Waals surface area contributed by atoms with Gasteiger partial charge in [0, 0.05) is 77.4 Å². The first-order valence-corrected chi connectivity index (χ1v) is 23.7. The molecule has 14 heteroatoms. The van der Waals surface area contributed by atoms with E-state index in [4.69, 9.17) is 0 Å². The molecule has 346 valence electrons. The van der Waals surface area contributed by atoms with Crippen molar-refractivity contribution in [2.45, 2.75) is 50.9 Å². The maximum atomic E-state index is 13.2. The van der Waals surface area contributed by atoms with Gasteiger partial charge < -0.3 is 30.7 Å². The van der Waals surface area contributed by atoms with Crippen LogP contribution in [0, 0.1) is 0 Å². The van der Waals surface area contributed by atoms with Gasteiger partial charge in [-0.2, -0.15) is 10.2 Å². The Labute approximate surface area is 398 Å². The highest BCUT2D eigenvalue weighted by molar-refractivity contribution is 6.02. The van der Waals surface area contributed by atoms with Gasteiger partial charge in [-0.1, -0.05) is 72.8 Å². The first kappa shape index (κ1) is 43.6. The number of carbonyl (C=O) groups is 2. The van der Waals surface area contributed by atoms with E-state index in [9.17, 15) is 19.2 Å². The van der Waals surface area contributed by atoms with Gasteiger partial charge in [-0.3, -0.25) is 19.2 Å². The molecule has 0 spiro atoms. The van der Waals surface area contributed by atoms with E-state index >= 15 is 0 Å². The average Bonchev–Trinajstić information content (AvgIpc) is 3.94. The fraction of sp³-hybridized carbons (Fsp3) is 0.236. The van der Waals surface area contributed by atoms with Gasteiger partial charge >= 0.3 is 0 Å². The monoisotopic (exact) mass is 916 g/mol. The first-order valence-electron chi connectivity index (χ1n) is 23.7. The van der Waals surface area contributed by atoms with Crippen LogP contribution in [-0.2, 0) is 35.5 Å². The van der Waals surface area contributed by atoms with E-state index in [2.05, 4.69) is 84.7 Å². The minimum atomic E-state index is -0.233. The van der Waals surface area contributed by atoms with E-state index < -0.39 is 0 Å². The Morgan fingerprint density at radius 1 is 0.522 bits per heavy atom. The number of nitrogens with one attached hydrogen (secondary N) is 5. The van der Waals surface area contributed by atoms with Crippen LogP contribution in [0.5, 0.6) is 0 Å². The van der Waals surface area contributed by atoms with Crippen LogP contribution < -0.4 is 36.9 Å². The predicted octanol–water partition coefficient (Wildman–Crippen LogP) is 7.25. The third kappa shape index (κ3) is 8.76. The van der Waals surface area contributed by atoms with Crippen LogP contribution >= 0.6 is 0 Å². The molecule has 8 aromatic rings. The van der Waals surface area contributed by atoms with E-state index in [1.807, 2.05) is 94.7 Å². The van der Waals surface area contributed by atoms with Crippen molar-refractivity contribution in [1.82, 2.24) is 30.6 Å². The maximum absolute atomic E-state index is 13.2. The van der Waals surface area contributed by atoms with Crippen LogP contribution in [0.25, 0.3) is 44.1 Å². The molecule has 4 aliphatic heterocycles. The number of fused-ring (bicyclic) bond motifs is 4. The molecule has 0 bridgehead atoms. The Kier molecular flexibility index (Phi) is 11.8. The number of rotatable bonds is 8. The number of nitrogens with zero attached hydrogens (tertiary/aromatic N) is 5. The fourth-order valence-corrected chi connectivity index (χ4v) is 10.2. The lowest BCUT2D eigenvalue weighted by Crippen LogP contribution is -2.33. The van der Waals surface area contributed by atoms with Gasteiger partial charge in [0.25, 0.3) is 11.1 Å². The van der Waals surface area contributed by atoms with Gasteiger partial charge in [0.05, 0.1) is 22.2 Å². The molecule has 12 rings (SSSR count). The number of H-pyrrole nitrogens is 2. The van der Waals surface area contributed by atoms with Crippen molar-refractivity contribution < 1.29 is 9.59 Å². The molecule has 6 aromatic carbocycles. The first-order chi connectivity index (χ1) is 33.7. The molecule has 2 saturated heterocycles. The predicted molar refractivity (Wildman–Crippen MR) is 273 cm³/mol. The zero-order valence-electron chi connectivity index (χ0n) is 38.3. The molecule has 5 N–H and O–H groups in total. The minimum absolute atomic E-state index is 0.0831. The van der Waals surface area contributed by atoms with Crippen LogP contribution in [-0.4, -0.2) is 82.4 Å². The molecule has 69 heavy (non-hydrogen) atoms. The summed E-state index contributed by atoms with van der Waals surface area (Å²) in [6.07, 6.45) is 3.57. The summed E-state index contributed by atoms with van der Waals surface area (Å²) in [5, 5.41) is 26.9. The zero-order valence-corrected chi connectivity index (χ0v) is 38.3. The van der Waals surface area contributed by atoms with Crippen LogP contribution in [0.1, 0.15) is 35.1 Å². The number of carbonyl (C=O) groups excluding carboxylic acids is 2. The summed E-state index contributed by atoms with van der Waals surface area (Å²) in [6, 6.07) is 42.9. The van der Waals surface area contributed by atoms with Crippen molar-refractivity contribution in [3.63, 3.8) is 0 Å². The van der Waals surface area contributed by atoms with Gasteiger partial charge in [-0.25, -0.2) is 10.2 Å². The number of aromatic nitrogens is 4. The second kappa shape index (κ2) is 18.6. The number of hydrogen-bond acceptors (Lipinski definition) is 10. The summed E-state index contributed by atoms with van der Waals surface area (Å²) in [6.45, 7) is 5.29. The van der Waals surface area contributed by atoms with E-state index in [0.29, 0.717) is 23.9 Å².